The number of piperidine rings is 1. The first-order chi connectivity index (χ1) is 11.1. The third kappa shape index (κ3) is 3.65. The second-order valence-corrected chi connectivity index (χ2v) is 6.13. The number of rotatable bonds is 3. The van der Waals surface area contributed by atoms with Crippen molar-refractivity contribution in [3.05, 3.63) is 59.7 Å². The van der Waals surface area contributed by atoms with Crippen LogP contribution < -0.4 is 0 Å². The number of aromatic hydroxyl groups is 2. The molecule has 0 atom stereocenters. The molecule has 4 heteroatoms. The lowest BCUT2D eigenvalue weighted by atomic mass is 9.90. The molecule has 0 radical (unpaired) electrons. The fourth-order valence-corrected chi connectivity index (χ4v) is 3.13. The second kappa shape index (κ2) is 6.73. The van der Waals surface area contributed by atoms with Gasteiger partial charge in [-0.2, -0.15) is 0 Å². The first-order valence-electron chi connectivity index (χ1n) is 7.98. The van der Waals surface area contributed by atoms with E-state index < -0.39 is 0 Å². The van der Waals surface area contributed by atoms with Gasteiger partial charge < -0.3 is 15.1 Å². The molecule has 2 aromatic carbocycles. The molecule has 0 spiro atoms. The highest BCUT2D eigenvalue weighted by atomic mass is 16.3. The number of nitrogens with zero attached hydrogens (tertiary/aromatic N) is 1. The van der Waals surface area contributed by atoms with Gasteiger partial charge in [0.25, 0.3) is 5.91 Å². The maximum Gasteiger partial charge on any atom is 0.253 e. The zero-order chi connectivity index (χ0) is 16.2. The first kappa shape index (κ1) is 15.4. The number of carbonyl (C=O) groups excluding carboxylic acids is 1. The van der Waals surface area contributed by atoms with Crippen molar-refractivity contribution in [3.63, 3.8) is 0 Å². The van der Waals surface area contributed by atoms with E-state index in [1.54, 1.807) is 6.07 Å². The van der Waals surface area contributed by atoms with Crippen molar-refractivity contribution in [2.45, 2.75) is 19.3 Å². The van der Waals surface area contributed by atoms with Gasteiger partial charge in [0, 0.05) is 18.7 Å². The zero-order valence-electron chi connectivity index (χ0n) is 13.0. The van der Waals surface area contributed by atoms with E-state index in [4.69, 9.17) is 0 Å². The lowest BCUT2D eigenvalue weighted by Gasteiger charge is -2.32. The highest BCUT2D eigenvalue weighted by Gasteiger charge is 2.24. The fraction of sp³-hybridized carbons (Fsp3) is 0.316. The highest BCUT2D eigenvalue weighted by Crippen LogP contribution is 2.27. The highest BCUT2D eigenvalue weighted by molar-refractivity contribution is 5.95. The predicted molar refractivity (Wildman–Crippen MR) is 88.5 cm³/mol. The minimum Gasteiger partial charge on any atom is -0.504 e. The van der Waals surface area contributed by atoms with Crippen molar-refractivity contribution in [2.24, 2.45) is 5.92 Å². The Labute approximate surface area is 136 Å². The Morgan fingerprint density at radius 1 is 1.00 bits per heavy atom. The van der Waals surface area contributed by atoms with Crippen LogP contribution in [0.2, 0.25) is 0 Å². The van der Waals surface area contributed by atoms with Gasteiger partial charge in [-0.25, -0.2) is 0 Å². The molecule has 0 unspecified atom stereocenters. The molecule has 0 aromatic heterocycles. The van der Waals surface area contributed by atoms with Crippen molar-refractivity contribution in [3.8, 4) is 11.5 Å². The van der Waals surface area contributed by atoms with Crippen molar-refractivity contribution < 1.29 is 15.0 Å². The van der Waals surface area contributed by atoms with Gasteiger partial charge in [0.05, 0.1) is 0 Å². The number of benzene rings is 2. The lowest BCUT2D eigenvalue weighted by molar-refractivity contribution is 0.0690. The van der Waals surface area contributed by atoms with Crippen molar-refractivity contribution in [2.75, 3.05) is 13.1 Å². The number of carbonyl (C=O) groups is 1. The van der Waals surface area contributed by atoms with E-state index in [0.29, 0.717) is 11.5 Å². The number of hydrogen-bond donors (Lipinski definition) is 2. The molecule has 1 heterocycles. The minimum atomic E-state index is -0.255. The van der Waals surface area contributed by atoms with E-state index in [-0.39, 0.29) is 17.4 Å². The van der Waals surface area contributed by atoms with E-state index in [1.165, 1.54) is 17.7 Å². The van der Waals surface area contributed by atoms with Crippen LogP contribution in [0.25, 0.3) is 0 Å². The summed E-state index contributed by atoms with van der Waals surface area (Å²) < 4.78 is 0. The number of phenolic OH excluding ortho intramolecular Hbond substituents is 2. The SMILES string of the molecule is O=C(c1ccc(O)c(O)c1)N1CCC(Cc2ccccc2)CC1. The molecule has 2 N–H and O–H groups in total. The summed E-state index contributed by atoms with van der Waals surface area (Å²) >= 11 is 0. The van der Waals surface area contributed by atoms with Gasteiger partial charge in [-0.3, -0.25) is 4.79 Å². The van der Waals surface area contributed by atoms with Crippen molar-refractivity contribution in [1.82, 2.24) is 4.90 Å². The molecule has 4 nitrogen and oxygen atoms in total. The van der Waals surface area contributed by atoms with Crippen LogP contribution in [0.15, 0.2) is 48.5 Å². The van der Waals surface area contributed by atoms with Crippen molar-refractivity contribution in [1.29, 1.82) is 0 Å². The molecule has 3 rings (SSSR count). The van der Waals surface area contributed by atoms with Gasteiger partial charge in [-0.15, -0.1) is 0 Å². The monoisotopic (exact) mass is 311 g/mol. The van der Waals surface area contributed by atoms with E-state index >= 15 is 0 Å². The first-order valence-corrected chi connectivity index (χ1v) is 7.98. The van der Waals surface area contributed by atoms with Crippen LogP contribution in [0.5, 0.6) is 11.5 Å². The van der Waals surface area contributed by atoms with E-state index in [1.807, 2.05) is 11.0 Å². The van der Waals surface area contributed by atoms with Gasteiger partial charge in [-0.1, -0.05) is 30.3 Å². The maximum absolute atomic E-state index is 12.5. The normalized spacial score (nSPS) is 15.6. The molecule has 1 saturated heterocycles. The largest absolute Gasteiger partial charge is 0.504 e. The summed E-state index contributed by atoms with van der Waals surface area (Å²) in [6, 6.07) is 14.7. The summed E-state index contributed by atoms with van der Waals surface area (Å²) in [5.41, 5.74) is 1.77. The van der Waals surface area contributed by atoms with Crippen LogP contribution in [0.1, 0.15) is 28.8 Å². The van der Waals surface area contributed by atoms with Gasteiger partial charge in [-0.05, 0) is 48.9 Å². The lowest BCUT2D eigenvalue weighted by Crippen LogP contribution is -2.38. The van der Waals surface area contributed by atoms with Crippen molar-refractivity contribution >= 4 is 5.91 Å². The van der Waals surface area contributed by atoms with E-state index in [2.05, 4.69) is 24.3 Å². The molecule has 1 aliphatic rings. The number of hydrogen-bond acceptors (Lipinski definition) is 3. The Bertz CT molecular complexity index is 676. The Hall–Kier alpha value is -2.49. The van der Waals surface area contributed by atoms with Crippen LogP contribution in [-0.4, -0.2) is 34.1 Å². The number of likely N-dealkylation sites (tertiary alicyclic amines) is 1. The predicted octanol–water partition coefficient (Wildman–Crippen LogP) is 3.19. The Kier molecular flexibility index (Phi) is 4.51. The van der Waals surface area contributed by atoms with Gasteiger partial charge in [0.2, 0.25) is 0 Å². The summed E-state index contributed by atoms with van der Waals surface area (Å²) in [6.45, 7) is 1.47. The van der Waals surface area contributed by atoms with Gasteiger partial charge >= 0.3 is 0 Å². The summed E-state index contributed by atoms with van der Waals surface area (Å²) in [7, 11) is 0. The van der Waals surface area contributed by atoms with Crippen LogP contribution in [0.3, 0.4) is 0 Å². The molecular formula is C19H21NO3. The Morgan fingerprint density at radius 2 is 1.70 bits per heavy atom. The molecule has 1 amide bonds. The molecule has 0 aliphatic carbocycles. The van der Waals surface area contributed by atoms with Crippen LogP contribution in [0.4, 0.5) is 0 Å². The molecule has 1 fully saturated rings. The molecule has 0 bridgehead atoms. The third-order valence-electron chi connectivity index (χ3n) is 4.49. The quantitative estimate of drug-likeness (QED) is 0.856. The zero-order valence-corrected chi connectivity index (χ0v) is 13.0. The summed E-state index contributed by atoms with van der Waals surface area (Å²) in [5, 5.41) is 18.9. The molecule has 2 aromatic rings. The topological polar surface area (TPSA) is 60.8 Å². The Morgan fingerprint density at radius 3 is 2.35 bits per heavy atom. The average Bonchev–Trinajstić information content (AvgIpc) is 2.58. The smallest absolute Gasteiger partial charge is 0.253 e. The number of phenols is 2. The second-order valence-electron chi connectivity index (χ2n) is 6.13. The molecular weight excluding hydrogens is 290 g/mol. The minimum absolute atomic E-state index is 0.0848. The summed E-state index contributed by atoms with van der Waals surface area (Å²) in [5.74, 6) is 0.0612. The van der Waals surface area contributed by atoms with Gasteiger partial charge in [0.15, 0.2) is 11.5 Å². The third-order valence-corrected chi connectivity index (χ3v) is 4.49. The van der Waals surface area contributed by atoms with Crippen LogP contribution in [0, 0.1) is 5.92 Å². The molecule has 120 valence electrons. The average molecular weight is 311 g/mol. The fourth-order valence-electron chi connectivity index (χ4n) is 3.13. The van der Waals surface area contributed by atoms with Crippen LogP contribution in [-0.2, 0) is 6.42 Å². The Balaban J connectivity index is 1.58. The van der Waals surface area contributed by atoms with Gasteiger partial charge in [0.1, 0.15) is 0 Å². The van der Waals surface area contributed by atoms with E-state index in [9.17, 15) is 15.0 Å². The molecule has 0 saturated carbocycles. The summed E-state index contributed by atoms with van der Waals surface area (Å²) in [4.78, 5) is 14.3. The molecule has 23 heavy (non-hydrogen) atoms. The van der Waals surface area contributed by atoms with Crippen LogP contribution >= 0.6 is 0 Å². The summed E-state index contributed by atoms with van der Waals surface area (Å²) in [6.07, 6.45) is 3.04. The van der Waals surface area contributed by atoms with E-state index in [0.717, 1.165) is 32.4 Å². The maximum atomic E-state index is 12.5. The molecule has 1 aliphatic heterocycles. The number of amides is 1. The standard InChI is InChI=1S/C19H21NO3/c21-17-7-6-16(13-18(17)22)19(23)20-10-8-15(9-11-20)12-14-4-2-1-3-5-14/h1-7,13,15,21-22H,8-12H2.